The summed E-state index contributed by atoms with van der Waals surface area (Å²) in [6.07, 6.45) is 0.843. The summed E-state index contributed by atoms with van der Waals surface area (Å²) in [5, 5.41) is 3.85. The van der Waals surface area contributed by atoms with Crippen LogP contribution in [0, 0.1) is 6.92 Å². The molecule has 142 valence electrons. The number of imidazole rings is 1. The van der Waals surface area contributed by atoms with Crippen LogP contribution in [0.5, 0.6) is 0 Å². The van der Waals surface area contributed by atoms with Gasteiger partial charge in [0.1, 0.15) is 0 Å². The van der Waals surface area contributed by atoms with Crippen LogP contribution < -0.4 is 5.32 Å². The Kier molecular flexibility index (Phi) is 6.90. The molecular weight excluding hydrogens is 358 g/mol. The number of aromatic nitrogens is 2. The van der Waals surface area contributed by atoms with Crippen molar-refractivity contribution in [1.29, 1.82) is 0 Å². The van der Waals surface area contributed by atoms with Gasteiger partial charge in [-0.15, -0.1) is 0 Å². The van der Waals surface area contributed by atoms with Gasteiger partial charge in [0.05, 0.1) is 23.4 Å². The van der Waals surface area contributed by atoms with Crippen molar-refractivity contribution in [2.75, 3.05) is 26.0 Å². The lowest BCUT2D eigenvalue weighted by Crippen LogP contribution is -2.27. The van der Waals surface area contributed by atoms with Crippen LogP contribution in [-0.2, 0) is 22.5 Å². The minimum atomic E-state index is 0.0268. The Morgan fingerprint density at radius 3 is 2.78 bits per heavy atom. The van der Waals surface area contributed by atoms with Crippen LogP contribution in [0.15, 0.2) is 53.7 Å². The highest BCUT2D eigenvalue weighted by Crippen LogP contribution is 2.23. The van der Waals surface area contributed by atoms with E-state index in [0.717, 1.165) is 22.6 Å². The molecule has 0 saturated carbocycles. The van der Waals surface area contributed by atoms with E-state index in [-0.39, 0.29) is 5.91 Å². The lowest BCUT2D eigenvalue weighted by atomic mass is 10.1. The van der Waals surface area contributed by atoms with Gasteiger partial charge in [0.2, 0.25) is 5.91 Å². The Morgan fingerprint density at radius 1 is 1.19 bits per heavy atom. The fraction of sp³-hybridized carbons (Fsp3) is 0.333. The molecule has 27 heavy (non-hydrogen) atoms. The summed E-state index contributed by atoms with van der Waals surface area (Å²) in [5.41, 5.74) is 4.54. The first-order valence-electron chi connectivity index (χ1n) is 9.07. The number of aryl methyl sites for hydroxylation is 1. The minimum Gasteiger partial charge on any atom is -0.383 e. The number of ether oxygens (including phenoxy) is 1. The van der Waals surface area contributed by atoms with Crippen LogP contribution in [-0.4, -0.2) is 41.5 Å². The quantitative estimate of drug-likeness (QED) is 0.575. The topological polar surface area (TPSA) is 56.1 Å². The first kappa shape index (κ1) is 19.5. The van der Waals surface area contributed by atoms with Gasteiger partial charge in [0.25, 0.3) is 0 Å². The number of hydrogen-bond acceptors (Lipinski definition) is 4. The number of thioether (sulfide) groups is 1. The monoisotopic (exact) mass is 383 g/mol. The van der Waals surface area contributed by atoms with Crippen molar-refractivity contribution >= 4 is 28.7 Å². The molecule has 0 aliphatic rings. The van der Waals surface area contributed by atoms with Crippen molar-refractivity contribution in [3.05, 3.63) is 59.7 Å². The summed E-state index contributed by atoms with van der Waals surface area (Å²) < 4.78 is 7.33. The number of amides is 1. The average Bonchev–Trinajstić information content (AvgIpc) is 3.03. The van der Waals surface area contributed by atoms with Gasteiger partial charge in [-0.1, -0.05) is 48.2 Å². The Hall–Kier alpha value is -2.31. The summed E-state index contributed by atoms with van der Waals surface area (Å²) >= 11 is 1.46. The summed E-state index contributed by atoms with van der Waals surface area (Å²) in [5.74, 6) is 0.378. The van der Waals surface area contributed by atoms with Gasteiger partial charge in [-0.05, 0) is 36.6 Å². The number of carbonyl (C=O) groups is 1. The predicted molar refractivity (Wildman–Crippen MR) is 110 cm³/mol. The molecule has 0 atom stereocenters. The van der Waals surface area contributed by atoms with Gasteiger partial charge in [-0.3, -0.25) is 4.79 Å². The average molecular weight is 384 g/mol. The van der Waals surface area contributed by atoms with Crippen LogP contribution in [0.1, 0.15) is 11.1 Å². The second kappa shape index (κ2) is 9.58. The van der Waals surface area contributed by atoms with Crippen LogP contribution in [0.2, 0.25) is 0 Å². The lowest BCUT2D eigenvalue weighted by molar-refractivity contribution is -0.118. The predicted octanol–water partition coefficient (Wildman–Crippen LogP) is 3.44. The third kappa shape index (κ3) is 5.11. The molecule has 1 aromatic heterocycles. The first-order valence-corrected chi connectivity index (χ1v) is 10.1. The standard InChI is InChI=1S/C21H25N3O2S/c1-16-7-3-4-8-17(16)11-12-22-20(25)15-27-21-23-18-9-5-6-10-19(18)24(21)13-14-26-2/h3-10H,11-15H2,1-2H3,(H,22,25). The van der Waals surface area contributed by atoms with Crippen LogP contribution in [0.4, 0.5) is 0 Å². The summed E-state index contributed by atoms with van der Waals surface area (Å²) in [4.78, 5) is 16.9. The molecule has 0 aliphatic heterocycles. The first-order chi connectivity index (χ1) is 13.2. The molecule has 0 radical (unpaired) electrons. The number of fused-ring (bicyclic) bond motifs is 1. The van der Waals surface area contributed by atoms with Gasteiger partial charge < -0.3 is 14.6 Å². The molecule has 0 bridgehead atoms. The molecule has 1 amide bonds. The molecule has 1 N–H and O–H groups in total. The molecule has 5 nitrogen and oxygen atoms in total. The minimum absolute atomic E-state index is 0.0268. The summed E-state index contributed by atoms with van der Waals surface area (Å²) in [6.45, 7) is 4.06. The molecule has 0 aliphatic carbocycles. The molecule has 0 saturated heterocycles. The van der Waals surface area contributed by atoms with E-state index in [1.54, 1.807) is 7.11 Å². The Bertz CT molecular complexity index is 907. The molecule has 1 heterocycles. The van der Waals surface area contributed by atoms with Crippen molar-refractivity contribution in [3.63, 3.8) is 0 Å². The normalized spacial score (nSPS) is 11.0. The number of para-hydroxylation sites is 2. The molecule has 3 rings (SSSR count). The van der Waals surface area contributed by atoms with E-state index in [2.05, 4.69) is 33.9 Å². The Balaban J connectivity index is 1.56. The second-order valence-corrected chi connectivity index (χ2v) is 7.29. The smallest absolute Gasteiger partial charge is 0.230 e. The molecule has 6 heteroatoms. The van der Waals surface area contributed by atoms with E-state index >= 15 is 0 Å². The fourth-order valence-corrected chi connectivity index (χ4v) is 3.84. The lowest BCUT2D eigenvalue weighted by Gasteiger charge is -2.09. The number of hydrogen-bond donors (Lipinski definition) is 1. The maximum absolute atomic E-state index is 12.2. The SMILES string of the molecule is COCCn1c(SCC(=O)NCCc2ccccc2C)nc2ccccc21. The van der Waals surface area contributed by atoms with E-state index in [0.29, 0.717) is 25.4 Å². The highest BCUT2D eigenvalue weighted by atomic mass is 32.2. The summed E-state index contributed by atoms with van der Waals surface area (Å²) in [6, 6.07) is 16.3. The van der Waals surface area contributed by atoms with Crippen molar-refractivity contribution < 1.29 is 9.53 Å². The summed E-state index contributed by atoms with van der Waals surface area (Å²) in [7, 11) is 1.69. The van der Waals surface area contributed by atoms with Gasteiger partial charge in [-0.2, -0.15) is 0 Å². The number of nitrogens with zero attached hydrogens (tertiary/aromatic N) is 2. The number of methoxy groups -OCH3 is 1. The molecule has 0 spiro atoms. The van der Waals surface area contributed by atoms with Crippen molar-refractivity contribution in [2.45, 2.75) is 25.0 Å². The zero-order valence-electron chi connectivity index (χ0n) is 15.8. The van der Waals surface area contributed by atoms with Crippen LogP contribution in [0.3, 0.4) is 0 Å². The number of nitrogens with one attached hydrogen (secondary N) is 1. The van der Waals surface area contributed by atoms with E-state index in [1.165, 1.54) is 22.9 Å². The van der Waals surface area contributed by atoms with Gasteiger partial charge in [0, 0.05) is 20.2 Å². The Labute approximate surface area is 164 Å². The number of carbonyl (C=O) groups excluding carboxylic acids is 1. The van der Waals surface area contributed by atoms with Crippen molar-refractivity contribution in [2.24, 2.45) is 0 Å². The van der Waals surface area contributed by atoms with Gasteiger partial charge >= 0.3 is 0 Å². The highest BCUT2D eigenvalue weighted by Gasteiger charge is 2.12. The second-order valence-electron chi connectivity index (χ2n) is 6.34. The van der Waals surface area contributed by atoms with Crippen LogP contribution >= 0.6 is 11.8 Å². The van der Waals surface area contributed by atoms with Gasteiger partial charge in [0.15, 0.2) is 5.16 Å². The third-order valence-corrected chi connectivity index (χ3v) is 5.43. The van der Waals surface area contributed by atoms with Gasteiger partial charge in [-0.25, -0.2) is 4.98 Å². The maximum Gasteiger partial charge on any atom is 0.230 e. The van der Waals surface area contributed by atoms with Crippen LogP contribution in [0.25, 0.3) is 11.0 Å². The van der Waals surface area contributed by atoms with E-state index in [1.807, 2.05) is 36.4 Å². The molecule has 0 fully saturated rings. The van der Waals surface area contributed by atoms with E-state index in [9.17, 15) is 4.79 Å². The zero-order chi connectivity index (χ0) is 19.1. The maximum atomic E-state index is 12.2. The molecule has 3 aromatic rings. The third-order valence-electron chi connectivity index (χ3n) is 4.45. The van der Waals surface area contributed by atoms with Crippen molar-refractivity contribution in [1.82, 2.24) is 14.9 Å². The number of benzene rings is 2. The highest BCUT2D eigenvalue weighted by molar-refractivity contribution is 7.99. The molecule has 2 aromatic carbocycles. The van der Waals surface area contributed by atoms with E-state index < -0.39 is 0 Å². The molecular formula is C21H25N3O2S. The number of rotatable bonds is 9. The Morgan fingerprint density at radius 2 is 1.96 bits per heavy atom. The largest absolute Gasteiger partial charge is 0.383 e. The van der Waals surface area contributed by atoms with Crippen molar-refractivity contribution in [3.8, 4) is 0 Å². The zero-order valence-corrected chi connectivity index (χ0v) is 16.6. The fourth-order valence-electron chi connectivity index (χ4n) is 2.97. The van der Waals surface area contributed by atoms with E-state index in [4.69, 9.17) is 4.74 Å². The molecule has 0 unspecified atom stereocenters.